The average molecular weight is 708 g/mol. The third-order valence-corrected chi connectivity index (χ3v) is 8.09. The van der Waals surface area contributed by atoms with Crippen molar-refractivity contribution in [3.05, 3.63) is 100 Å². The Morgan fingerprint density at radius 1 is 0.922 bits per heavy atom. The number of piperidine rings is 1. The van der Waals surface area contributed by atoms with E-state index < -0.39 is 35.7 Å². The first-order chi connectivity index (χ1) is 24.2. The molecule has 4 N–H and O–H groups in total. The van der Waals surface area contributed by atoms with E-state index in [1.165, 1.54) is 24.3 Å². The number of nitrogens with zero attached hydrogens (tertiary/aromatic N) is 2. The van der Waals surface area contributed by atoms with Gasteiger partial charge in [0.15, 0.2) is 0 Å². The van der Waals surface area contributed by atoms with E-state index in [-0.39, 0.29) is 53.7 Å². The molecule has 1 heterocycles. The van der Waals surface area contributed by atoms with Crippen molar-refractivity contribution in [1.82, 2.24) is 4.90 Å². The van der Waals surface area contributed by atoms with Gasteiger partial charge in [-0.3, -0.25) is 15.6 Å². The smallest absolute Gasteiger partial charge is 0.420 e. The first kappa shape index (κ1) is 38.1. The van der Waals surface area contributed by atoms with Gasteiger partial charge in [-0.25, -0.2) is 9.59 Å². The number of nitrogen functional groups attached to an aromatic ring is 1. The van der Waals surface area contributed by atoms with Crippen LogP contribution in [0, 0.1) is 10.8 Å². The minimum absolute atomic E-state index is 0.0168. The molecule has 0 atom stereocenters. The number of esters is 2. The maximum Gasteiger partial charge on any atom is 0.420 e. The average Bonchev–Trinajstić information content (AvgIpc) is 3.10. The lowest BCUT2D eigenvalue weighted by Crippen LogP contribution is -2.40. The third-order valence-electron chi connectivity index (χ3n) is 8.09. The standard InChI is InChI=1S/C37H40F3N5O6/c1-4-49-35(47)29-13-11-26(21-30(29)36(48)50-5-2)34(46)45(17-7-9-24-8-6-10-25(20-24)33(42)43)27-12-14-32(31(22-27)37(38,39)40)51-28-15-18-44(19-16-28)23(3)41/h6-14,20-22,28,41H,4-5,15-19H2,1-3H3,(H3,42,43). The lowest BCUT2D eigenvalue weighted by atomic mass is 10.0. The van der Waals surface area contributed by atoms with Crippen LogP contribution in [0.5, 0.6) is 5.75 Å². The van der Waals surface area contributed by atoms with Crippen LogP contribution in [-0.2, 0) is 15.7 Å². The fraction of sp³-hybridized carbons (Fsp3) is 0.324. The Kier molecular flexibility index (Phi) is 12.6. The predicted octanol–water partition coefficient (Wildman–Crippen LogP) is 6.54. The van der Waals surface area contributed by atoms with Crippen molar-refractivity contribution in [1.29, 1.82) is 10.8 Å². The Labute approximate surface area is 293 Å². The van der Waals surface area contributed by atoms with Gasteiger partial charge < -0.3 is 29.7 Å². The van der Waals surface area contributed by atoms with Crippen molar-refractivity contribution < 1.29 is 41.8 Å². The molecule has 14 heteroatoms. The highest BCUT2D eigenvalue weighted by Crippen LogP contribution is 2.40. The number of carbonyl (C=O) groups is 3. The Morgan fingerprint density at radius 2 is 1.59 bits per heavy atom. The lowest BCUT2D eigenvalue weighted by Gasteiger charge is -2.33. The summed E-state index contributed by atoms with van der Waals surface area (Å²) in [4.78, 5) is 42.6. The number of amides is 1. The number of hydrogen-bond donors (Lipinski definition) is 3. The van der Waals surface area contributed by atoms with Gasteiger partial charge >= 0.3 is 18.1 Å². The molecule has 3 aromatic rings. The molecule has 3 aromatic carbocycles. The van der Waals surface area contributed by atoms with Crippen molar-refractivity contribution in [3.8, 4) is 5.75 Å². The van der Waals surface area contributed by atoms with Crippen molar-refractivity contribution in [2.24, 2.45) is 5.73 Å². The van der Waals surface area contributed by atoms with E-state index in [9.17, 15) is 27.6 Å². The molecule has 0 aromatic heterocycles. The van der Waals surface area contributed by atoms with Crippen molar-refractivity contribution in [2.75, 3.05) is 37.7 Å². The number of alkyl halides is 3. The number of benzene rings is 3. The zero-order chi connectivity index (χ0) is 37.3. The second-order valence-corrected chi connectivity index (χ2v) is 11.6. The topological polar surface area (TPSA) is 159 Å². The number of likely N-dealkylation sites (tertiary alicyclic amines) is 1. The summed E-state index contributed by atoms with van der Waals surface area (Å²) in [7, 11) is 0. The molecule has 1 aliphatic rings. The largest absolute Gasteiger partial charge is 0.490 e. The van der Waals surface area contributed by atoms with Gasteiger partial charge in [-0.05, 0) is 68.8 Å². The number of carbonyl (C=O) groups excluding carboxylic acids is 3. The van der Waals surface area contributed by atoms with Gasteiger partial charge in [0.1, 0.15) is 17.7 Å². The number of ether oxygens (including phenoxy) is 3. The van der Waals surface area contributed by atoms with Crippen LogP contribution in [0.3, 0.4) is 0 Å². The molecule has 0 unspecified atom stereocenters. The van der Waals surface area contributed by atoms with Crippen LogP contribution >= 0.6 is 0 Å². The quantitative estimate of drug-likeness (QED) is 0.109. The summed E-state index contributed by atoms with van der Waals surface area (Å²) >= 11 is 0. The molecule has 1 saturated heterocycles. The van der Waals surface area contributed by atoms with E-state index in [1.54, 1.807) is 57.2 Å². The molecule has 1 aliphatic heterocycles. The molecule has 0 saturated carbocycles. The van der Waals surface area contributed by atoms with Gasteiger partial charge in [-0.1, -0.05) is 30.4 Å². The molecule has 270 valence electrons. The first-order valence-corrected chi connectivity index (χ1v) is 16.3. The van der Waals surface area contributed by atoms with Crippen molar-refractivity contribution in [2.45, 2.75) is 45.9 Å². The maximum atomic E-state index is 14.6. The molecule has 0 spiro atoms. The van der Waals surface area contributed by atoms with Crippen LogP contribution < -0.4 is 15.4 Å². The number of rotatable bonds is 12. The number of amidine groups is 2. The van der Waals surface area contributed by atoms with E-state index in [0.717, 1.165) is 17.0 Å². The summed E-state index contributed by atoms with van der Waals surface area (Å²) in [5, 5.41) is 15.5. The summed E-state index contributed by atoms with van der Waals surface area (Å²) in [5.74, 6) is -2.62. The zero-order valence-electron chi connectivity index (χ0n) is 28.5. The number of halogens is 3. The number of nitrogens with one attached hydrogen (secondary N) is 2. The highest BCUT2D eigenvalue weighted by molar-refractivity contribution is 6.10. The molecule has 0 aliphatic carbocycles. The second kappa shape index (κ2) is 16.8. The van der Waals surface area contributed by atoms with Gasteiger partial charge in [-0.2, -0.15) is 13.2 Å². The highest BCUT2D eigenvalue weighted by Gasteiger charge is 2.37. The summed E-state index contributed by atoms with van der Waals surface area (Å²) in [6.45, 7) is 5.57. The molecule has 0 radical (unpaired) electrons. The van der Waals surface area contributed by atoms with E-state index >= 15 is 0 Å². The third kappa shape index (κ3) is 9.74. The summed E-state index contributed by atoms with van der Waals surface area (Å²) in [5.41, 5.74) is 5.05. The second-order valence-electron chi connectivity index (χ2n) is 11.6. The lowest BCUT2D eigenvalue weighted by molar-refractivity contribution is -0.139. The van der Waals surface area contributed by atoms with Gasteiger partial charge in [0.05, 0.1) is 35.7 Å². The van der Waals surface area contributed by atoms with Crippen LogP contribution in [0.2, 0.25) is 0 Å². The van der Waals surface area contributed by atoms with E-state index in [2.05, 4.69) is 0 Å². The fourth-order valence-electron chi connectivity index (χ4n) is 5.51. The van der Waals surface area contributed by atoms with Crippen LogP contribution in [0.25, 0.3) is 6.08 Å². The number of nitrogens with two attached hydrogens (primary N) is 1. The molecular weight excluding hydrogens is 667 g/mol. The van der Waals surface area contributed by atoms with Gasteiger partial charge in [0.2, 0.25) is 0 Å². The Morgan fingerprint density at radius 3 is 2.20 bits per heavy atom. The Balaban J connectivity index is 1.75. The summed E-state index contributed by atoms with van der Waals surface area (Å²) in [6.07, 6.45) is -1.29. The minimum Gasteiger partial charge on any atom is -0.490 e. The van der Waals surface area contributed by atoms with E-state index in [0.29, 0.717) is 42.9 Å². The molecule has 0 bridgehead atoms. The number of hydrogen-bond acceptors (Lipinski definition) is 8. The first-order valence-electron chi connectivity index (χ1n) is 16.3. The zero-order valence-corrected chi connectivity index (χ0v) is 28.5. The monoisotopic (exact) mass is 707 g/mol. The van der Waals surface area contributed by atoms with E-state index in [4.69, 9.17) is 30.8 Å². The Bertz CT molecular complexity index is 1820. The van der Waals surface area contributed by atoms with Crippen LogP contribution in [0.15, 0.2) is 66.7 Å². The van der Waals surface area contributed by atoms with Crippen molar-refractivity contribution in [3.63, 3.8) is 0 Å². The summed E-state index contributed by atoms with van der Waals surface area (Å²) < 4.78 is 59.7. The fourth-order valence-corrected chi connectivity index (χ4v) is 5.51. The molecule has 4 rings (SSSR count). The highest BCUT2D eigenvalue weighted by atomic mass is 19.4. The Hall–Kier alpha value is -5.66. The number of anilines is 1. The van der Waals surface area contributed by atoms with Gasteiger partial charge in [0.25, 0.3) is 5.91 Å². The van der Waals surface area contributed by atoms with Gasteiger partial charge in [0, 0.05) is 49.3 Å². The molecule has 1 amide bonds. The van der Waals surface area contributed by atoms with Crippen molar-refractivity contribution >= 4 is 41.3 Å². The molecule has 1 fully saturated rings. The normalized spacial score (nSPS) is 13.5. The predicted molar refractivity (Wildman–Crippen MR) is 187 cm³/mol. The minimum atomic E-state index is -4.84. The molecular formula is C37H40F3N5O6. The van der Waals surface area contributed by atoms with E-state index in [1.807, 2.05) is 4.90 Å². The van der Waals surface area contributed by atoms with Crippen LogP contribution in [0.1, 0.15) is 81.4 Å². The summed E-state index contributed by atoms with van der Waals surface area (Å²) in [6, 6.07) is 13.8. The van der Waals surface area contributed by atoms with Crippen LogP contribution in [0.4, 0.5) is 18.9 Å². The molecule has 51 heavy (non-hydrogen) atoms. The molecule has 11 nitrogen and oxygen atoms in total. The maximum absolute atomic E-state index is 14.6. The SMILES string of the molecule is CCOC(=O)c1ccc(C(=O)N(CC=Cc2cccc(C(=N)N)c2)c2ccc(OC3CCN(C(C)=N)CC3)c(C(F)(F)F)c2)cc1C(=O)OCC. The van der Waals surface area contributed by atoms with Crippen LogP contribution in [-0.4, -0.2) is 73.4 Å². The van der Waals surface area contributed by atoms with Gasteiger partial charge in [-0.15, -0.1) is 0 Å².